The highest BCUT2D eigenvalue weighted by atomic mass is 35.5. The molecule has 0 aliphatic rings. The maximum Gasteiger partial charge on any atom is 0.258 e. The molecular weight excluding hydrogens is 342 g/mol. The molecule has 0 radical (unpaired) electrons. The van der Waals surface area contributed by atoms with Crippen LogP contribution in [-0.4, -0.2) is 16.5 Å². The molecule has 6 nitrogen and oxygen atoms in total. The van der Waals surface area contributed by atoms with E-state index in [1.807, 2.05) is 25.1 Å². The van der Waals surface area contributed by atoms with E-state index in [0.29, 0.717) is 28.4 Å². The number of nitriles is 1. The fraction of sp³-hybridized carbons (Fsp3) is 0.167. The van der Waals surface area contributed by atoms with E-state index in [1.165, 1.54) is 29.7 Å². The van der Waals surface area contributed by atoms with Crippen molar-refractivity contribution in [3.63, 3.8) is 0 Å². The monoisotopic (exact) mass is 355 g/mol. The summed E-state index contributed by atoms with van der Waals surface area (Å²) in [6.45, 7) is 1.97. The third-order valence-electron chi connectivity index (χ3n) is 3.60. The van der Waals surface area contributed by atoms with E-state index in [-0.39, 0.29) is 17.2 Å². The van der Waals surface area contributed by atoms with E-state index in [0.717, 1.165) is 5.56 Å². The summed E-state index contributed by atoms with van der Waals surface area (Å²) < 4.78 is 12.4. The first-order valence-corrected chi connectivity index (χ1v) is 7.79. The summed E-state index contributed by atoms with van der Waals surface area (Å²) in [5, 5.41) is 9.24. The van der Waals surface area contributed by atoms with Crippen molar-refractivity contribution in [2.24, 2.45) is 0 Å². The number of hydrogen-bond donors (Lipinski definition) is 0. The van der Waals surface area contributed by atoms with E-state index >= 15 is 0 Å². The largest absolute Gasteiger partial charge is 0.493 e. The summed E-state index contributed by atoms with van der Waals surface area (Å²) in [5.74, 6) is 0.645. The van der Waals surface area contributed by atoms with Gasteiger partial charge in [0.1, 0.15) is 12.3 Å². The van der Waals surface area contributed by atoms with Gasteiger partial charge in [0.15, 0.2) is 11.5 Å². The van der Waals surface area contributed by atoms with Gasteiger partial charge in [0.2, 0.25) is 0 Å². The van der Waals surface area contributed by atoms with Gasteiger partial charge in [-0.05, 0) is 30.7 Å². The van der Waals surface area contributed by atoms with Crippen molar-refractivity contribution >= 4 is 17.2 Å². The standard InChI is InChI=1S/C18H14ClN3O3/c1-11-3-4-22-16(5-11)21-13(8-17(22)23)10-25-18-14(19)6-12(9-20)7-15(18)24-2/h3-8H,10H2,1-2H3. The van der Waals surface area contributed by atoms with Crippen LogP contribution in [0.15, 0.2) is 41.3 Å². The summed E-state index contributed by atoms with van der Waals surface area (Å²) in [5.41, 5.74) is 2.19. The van der Waals surface area contributed by atoms with Gasteiger partial charge in [-0.1, -0.05) is 11.6 Å². The molecule has 7 heteroatoms. The topological polar surface area (TPSA) is 76.6 Å². The van der Waals surface area contributed by atoms with Crippen LogP contribution in [0, 0.1) is 18.3 Å². The Balaban J connectivity index is 1.93. The number of ether oxygens (including phenoxy) is 2. The summed E-state index contributed by atoms with van der Waals surface area (Å²) in [7, 11) is 1.46. The van der Waals surface area contributed by atoms with Crippen molar-refractivity contribution in [2.75, 3.05) is 7.11 Å². The Kier molecular flexibility index (Phi) is 4.59. The molecule has 1 aromatic carbocycles. The molecule has 0 spiro atoms. The number of aromatic nitrogens is 2. The molecule has 0 amide bonds. The average Bonchev–Trinajstić information content (AvgIpc) is 2.59. The zero-order valence-electron chi connectivity index (χ0n) is 13.6. The Morgan fingerprint density at radius 1 is 1.32 bits per heavy atom. The zero-order chi connectivity index (χ0) is 18.0. The Bertz CT molecular complexity index is 1050. The number of rotatable bonds is 4. The average molecular weight is 356 g/mol. The fourth-order valence-electron chi connectivity index (χ4n) is 2.40. The second-order valence-electron chi connectivity index (χ2n) is 5.41. The molecule has 0 aliphatic carbocycles. The first-order valence-electron chi connectivity index (χ1n) is 7.41. The molecule has 2 heterocycles. The minimum absolute atomic E-state index is 0.0433. The highest BCUT2D eigenvalue weighted by Gasteiger charge is 2.13. The number of pyridine rings is 1. The Labute approximate surface area is 148 Å². The molecule has 2 aromatic heterocycles. The zero-order valence-corrected chi connectivity index (χ0v) is 14.4. The van der Waals surface area contributed by atoms with Crippen LogP contribution in [0.4, 0.5) is 0 Å². The van der Waals surface area contributed by atoms with Crippen LogP contribution in [0.2, 0.25) is 5.02 Å². The lowest BCUT2D eigenvalue weighted by Crippen LogP contribution is -2.16. The van der Waals surface area contributed by atoms with Gasteiger partial charge in [0.05, 0.1) is 29.5 Å². The molecule has 126 valence electrons. The molecule has 0 aliphatic heterocycles. The Hall–Kier alpha value is -3.04. The molecule has 0 atom stereocenters. The molecule has 0 unspecified atom stereocenters. The molecule has 3 rings (SSSR count). The molecular formula is C18H14ClN3O3. The summed E-state index contributed by atoms with van der Waals surface area (Å²) in [6.07, 6.45) is 1.69. The second-order valence-corrected chi connectivity index (χ2v) is 5.82. The third-order valence-corrected chi connectivity index (χ3v) is 3.88. The maximum absolute atomic E-state index is 12.2. The number of nitrogens with zero attached hydrogens (tertiary/aromatic N) is 3. The minimum atomic E-state index is -0.193. The number of benzene rings is 1. The van der Waals surface area contributed by atoms with Crippen LogP contribution >= 0.6 is 11.6 Å². The van der Waals surface area contributed by atoms with Gasteiger partial charge >= 0.3 is 0 Å². The smallest absolute Gasteiger partial charge is 0.258 e. The predicted molar refractivity (Wildman–Crippen MR) is 93.3 cm³/mol. The molecule has 0 bridgehead atoms. The van der Waals surface area contributed by atoms with Gasteiger partial charge in [-0.2, -0.15) is 5.26 Å². The Morgan fingerprint density at radius 3 is 2.84 bits per heavy atom. The molecule has 0 fully saturated rings. The van der Waals surface area contributed by atoms with Gasteiger partial charge in [-0.3, -0.25) is 9.20 Å². The highest BCUT2D eigenvalue weighted by Crippen LogP contribution is 2.36. The lowest BCUT2D eigenvalue weighted by Gasteiger charge is -2.12. The van der Waals surface area contributed by atoms with Crippen LogP contribution in [0.3, 0.4) is 0 Å². The maximum atomic E-state index is 12.2. The van der Waals surface area contributed by atoms with Crippen molar-refractivity contribution in [1.29, 1.82) is 5.26 Å². The summed E-state index contributed by atoms with van der Waals surface area (Å²) in [4.78, 5) is 16.6. The first-order chi connectivity index (χ1) is 12.0. The van der Waals surface area contributed by atoms with Crippen LogP contribution < -0.4 is 15.0 Å². The molecule has 0 saturated carbocycles. The van der Waals surface area contributed by atoms with Crippen molar-refractivity contribution < 1.29 is 9.47 Å². The van der Waals surface area contributed by atoms with Crippen molar-refractivity contribution in [3.05, 3.63) is 68.7 Å². The number of halogens is 1. The van der Waals surface area contributed by atoms with E-state index in [2.05, 4.69) is 4.98 Å². The van der Waals surface area contributed by atoms with Gasteiger partial charge < -0.3 is 9.47 Å². The predicted octanol–water partition coefficient (Wildman–Crippen LogP) is 3.12. The minimum Gasteiger partial charge on any atom is -0.493 e. The number of fused-ring (bicyclic) bond motifs is 1. The molecule has 3 aromatic rings. The van der Waals surface area contributed by atoms with Gasteiger partial charge in [-0.15, -0.1) is 0 Å². The van der Waals surface area contributed by atoms with E-state index in [1.54, 1.807) is 6.20 Å². The van der Waals surface area contributed by atoms with Crippen LogP contribution in [0.5, 0.6) is 11.5 Å². The van der Waals surface area contributed by atoms with E-state index in [9.17, 15) is 4.79 Å². The quantitative estimate of drug-likeness (QED) is 0.718. The molecule has 0 saturated heterocycles. The normalized spacial score (nSPS) is 10.5. The SMILES string of the molecule is COc1cc(C#N)cc(Cl)c1OCc1cc(=O)n2ccc(C)cc2n1. The second kappa shape index (κ2) is 6.83. The van der Waals surface area contributed by atoms with Crippen LogP contribution in [0.1, 0.15) is 16.8 Å². The van der Waals surface area contributed by atoms with Crippen molar-refractivity contribution in [3.8, 4) is 17.6 Å². The lowest BCUT2D eigenvalue weighted by atomic mass is 10.2. The van der Waals surface area contributed by atoms with Gasteiger partial charge in [-0.25, -0.2) is 4.98 Å². The lowest BCUT2D eigenvalue weighted by molar-refractivity contribution is 0.281. The summed E-state index contributed by atoms with van der Waals surface area (Å²) >= 11 is 6.16. The number of hydrogen-bond acceptors (Lipinski definition) is 5. The molecule has 25 heavy (non-hydrogen) atoms. The van der Waals surface area contributed by atoms with Crippen LogP contribution in [0.25, 0.3) is 5.65 Å². The fourth-order valence-corrected chi connectivity index (χ4v) is 2.66. The van der Waals surface area contributed by atoms with E-state index < -0.39 is 0 Å². The van der Waals surface area contributed by atoms with Gasteiger partial charge in [0.25, 0.3) is 5.56 Å². The Morgan fingerprint density at radius 2 is 2.12 bits per heavy atom. The van der Waals surface area contributed by atoms with Crippen molar-refractivity contribution in [1.82, 2.24) is 9.38 Å². The van der Waals surface area contributed by atoms with Crippen LogP contribution in [-0.2, 0) is 6.61 Å². The van der Waals surface area contributed by atoms with Gasteiger partial charge in [0, 0.05) is 18.3 Å². The summed E-state index contributed by atoms with van der Waals surface area (Å²) in [6, 6.07) is 10.1. The number of aryl methyl sites for hydroxylation is 1. The van der Waals surface area contributed by atoms with Crippen molar-refractivity contribution in [2.45, 2.75) is 13.5 Å². The first kappa shape index (κ1) is 16.8. The van der Waals surface area contributed by atoms with E-state index in [4.69, 9.17) is 26.3 Å². The highest BCUT2D eigenvalue weighted by molar-refractivity contribution is 6.32. The number of methoxy groups -OCH3 is 1. The third kappa shape index (κ3) is 3.42. The molecule has 0 N–H and O–H groups in total.